The third-order valence-electron chi connectivity index (χ3n) is 6.26. The molecule has 2 nitrogen and oxygen atoms in total. The molecule has 0 saturated carbocycles. The number of hydrogen-bond donors (Lipinski definition) is 1. The molecule has 0 aliphatic carbocycles. The van der Waals surface area contributed by atoms with Crippen molar-refractivity contribution in [3.8, 4) is 16.8 Å². The topological polar surface area (TPSA) is 17.0 Å². The maximum absolute atomic E-state index is 4.30. The smallest absolute Gasteiger partial charge is 0.0541 e. The minimum Gasteiger partial charge on any atom is -0.388 e. The third kappa shape index (κ3) is 3.84. The molecule has 0 spiro atoms. The van der Waals surface area contributed by atoms with E-state index in [9.17, 15) is 0 Å². The molecular weight excluding hydrogens is 412 g/mol. The highest BCUT2D eigenvalue weighted by molar-refractivity contribution is 6.10. The van der Waals surface area contributed by atoms with E-state index in [2.05, 4.69) is 114 Å². The van der Waals surface area contributed by atoms with Crippen molar-refractivity contribution in [2.75, 3.05) is 12.4 Å². The monoisotopic (exact) mass is 440 g/mol. The number of allylic oxidation sites excluding steroid dienone is 5. The fourth-order valence-corrected chi connectivity index (χ4v) is 4.59. The van der Waals surface area contributed by atoms with Crippen molar-refractivity contribution >= 4 is 33.1 Å². The number of hydrogen-bond acceptors (Lipinski definition) is 1. The number of nitrogens with one attached hydrogen (secondary N) is 1. The van der Waals surface area contributed by atoms with Gasteiger partial charge in [0.1, 0.15) is 0 Å². The first-order valence-corrected chi connectivity index (χ1v) is 11.6. The first-order chi connectivity index (χ1) is 16.7. The second-order valence-corrected chi connectivity index (χ2v) is 8.34. The van der Waals surface area contributed by atoms with Gasteiger partial charge in [-0.3, -0.25) is 0 Å². The second-order valence-electron chi connectivity index (χ2n) is 8.34. The predicted molar refractivity (Wildman–Crippen MR) is 149 cm³/mol. The van der Waals surface area contributed by atoms with Crippen molar-refractivity contribution in [2.45, 2.75) is 6.92 Å². The van der Waals surface area contributed by atoms with E-state index < -0.39 is 0 Å². The first kappa shape index (κ1) is 21.5. The van der Waals surface area contributed by atoms with E-state index in [1.54, 1.807) is 0 Å². The number of rotatable bonds is 6. The van der Waals surface area contributed by atoms with Gasteiger partial charge in [-0.25, -0.2) is 0 Å². The van der Waals surface area contributed by atoms with Crippen LogP contribution in [-0.2, 0) is 0 Å². The molecule has 0 aliphatic heterocycles. The molecule has 166 valence electrons. The first-order valence-electron chi connectivity index (χ1n) is 11.6. The number of nitrogens with zero attached hydrogens (tertiary/aromatic N) is 1. The molecule has 0 bridgehead atoms. The second kappa shape index (κ2) is 9.29. The summed E-state index contributed by atoms with van der Waals surface area (Å²) in [6, 6.07) is 32.5. The van der Waals surface area contributed by atoms with Crippen molar-refractivity contribution in [1.29, 1.82) is 0 Å². The number of fused-ring (bicyclic) bond motifs is 3. The van der Waals surface area contributed by atoms with Crippen molar-refractivity contribution in [3.63, 3.8) is 0 Å². The molecule has 5 aromatic rings. The third-order valence-corrected chi connectivity index (χ3v) is 6.26. The zero-order valence-electron chi connectivity index (χ0n) is 19.6. The van der Waals surface area contributed by atoms with Gasteiger partial charge in [0.2, 0.25) is 0 Å². The van der Waals surface area contributed by atoms with Crippen LogP contribution >= 0.6 is 0 Å². The van der Waals surface area contributed by atoms with E-state index in [0.717, 1.165) is 16.8 Å². The summed E-state index contributed by atoms with van der Waals surface area (Å²) < 4.78 is 2.35. The van der Waals surface area contributed by atoms with Crippen LogP contribution in [-0.4, -0.2) is 11.6 Å². The molecule has 0 fully saturated rings. The Labute approximate surface area is 201 Å². The van der Waals surface area contributed by atoms with Crippen LogP contribution in [0.3, 0.4) is 0 Å². The minimum atomic E-state index is 0.978. The Morgan fingerprint density at radius 1 is 0.765 bits per heavy atom. The summed E-state index contributed by atoms with van der Waals surface area (Å²) in [6.07, 6.45) is 8.11. The maximum Gasteiger partial charge on any atom is 0.0541 e. The summed E-state index contributed by atoms with van der Waals surface area (Å²) in [4.78, 5) is 0. The van der Waals surface area contributed by atoms with Gasteiger partial charge in [-0.2, -0.15) is 0 Å². The van der Waals surface area contributed by atoms with Crippen molar-refractivity contribution in [2.24, 2.45) is 0 Å². The van der Waals surface area contributed by atoms with E-state index in [1.165, 1.54) is 38.6 Å². The fourth-order valence-electron chi connectivity index (χ4n) is 4.59. The summed E-state index contributed by atoms with van der Waals surface area (Å²) in [5, 5.41) is 5.82. The molecule has 1 N–H and O–H groups in total. The van der Waals surface area contributed by atoms with Gasteiger partial charge in [-0.15, -0.1) is 0 Å². The molecule has 1 aromatic heterocycles. The van der Waals surface area contributed by atoms with E-state index >= 15 is 0 Å². The number of benzene rings is 4. The highest BCUT2D eigenvalue weighted by Crippen LogP contribution is 2.36. The molecule has 0 unspecified atom stereocenters. The number of aromatic nitrogens is 1. The average molecular weight is 441 g/mol. The van der Waals surface area contributed by atoms with Crippen LogP contribution in [0.4, 0.5) is 5.69 Å². The molecule has 0 amide bonds. The van der Waals surface area contributed by atoms with E-state index in [1.807, 2.05) is 32.2 Å². The van der Waals surface area contributed by atoms with Gasteiger partial charge in [0.25, 0.3) is 0 Å². The van der Waals surface area contributed by atoms with Crippen LogP contribution in [0.15, 0.2) is 122 Å². The number of anilines is 1. The molecule has 0 radical (unpaired) electrons. The van der Waals surface area contributed by atoms with Crippen LogP contribution in [0.2, 0.25) is 0 Å². The van der Waals surface area contributed by atoms with Crippen LogP contribution in [0.25, 0.3) is 44.2 Å². The van der Waals surface area contributed by atoms with Crippen molar-refractivity contribution in [3.05, 3.63) is 127 Å². The average Bonchev–Trinajstić information content (AvgIpc) is 3.22. The fraction of sp³-hybridized carbons (Fsp3) is 0.0625. The molecule has 34 heavy (non-hydrogen) atoms. The molecule has 2 heteroatoms. The van der Waals surface area contributed by atoms with Crippen LogP contribution in [0.1, 0.15) is 12.5 Å². The maximum atomic E-state index is 4.30. The summed E-state index contributed by atoms with van der Waals surface area (Å²) >= 11 is 0. The summed E-state index contributed by atoms with van der Waals surface area (Å²) in [7, 11) is 1.95. The molecule has 1 heterocycles. The Bertz CT molecular complexity index is 1550. The van der Waals surface area contributed by atoms with Crippen LogP contribution in [0.5, 0.6) is 0 Å². The largest absolute Gasteiger partial charge is 0.388 e. The Morgan fingerprint density at radius 2 is 1.47 bits per heavy atom. The lowest BCUT2D eigenvalue weighted by Crippen LogP contribution is -1.95. The Kier molecular flexibility index (Phi) is 5.88. The summed E-state index contributed by atoms with van der Waals surface area (Å²) in [5.41, 5.74) is 9.12. The minimum absolute atomic E-state index is 0.978. The highest BCUT2D eigenvalue weighted by Gasteiger charge is 2.13. The zero-order chi connectivity index (χ0) is 23.5. The normalized spacial score (nSPS) is 11.7. The lowest BCUT2D eigenvalue weighted by molar-refractivity contribution is 1.18. The van der Waals surface area contributed by atoms with Gasteiger partial charge < -0.3 is 9.88 Å². The Morgan fingerprint density at radius 3 is 2.26 bits per heavy atom. The lowest BCUT2D eigenvalue weighted by atomic mass is 9.96. The van der Waals surface area contributed by atoms with E-state index in [-0.39, 0.29) is 0 Å². The SMILES string of the molecule is C=C(/C=C\C=C/C)c1cc(-c2ccc3c(c2)c2ccccc2n3-c2ccccc2)ccc1NC. The van der Waals surface area contributed by atoms with Gasteiger partial charge in [0.05, 0.1) is 11.0 Å². The molecule has 4 aromatic carbocycles. The van der Waals surface area contributed by atoms with Crippen molar-refractivity contribution in [1.82, 2.24) is 4.57 Å². The van der Waals surface area contributed by atoms with Gasteiger partial charge >= 0.3 is 0 Å². The summed E-state index contributed by atoms with van der Waals surface area (Å²) in [6.45, 7) is 6.32. The predicted octanol–water partition coefficient (Wildman–Crippen LogP) is 8.64. The van der Waals surface area contributed by atoms with Crippen molar-refractivity contribution < 1.29 is 0 Å². The van der Waals surface area contributed by atoms with Gasteiger partial charge in [0, 0.05) is 34.8 Å². The van der Waals surface area contributed by atoms with E-state index in [4.69, 9.17) is 0 Å². The standard InChI is InChI=1S/C32H28N2/c1-4-5-7-12-23(2)28-21-24(17-19-30(28)33-3)25-18-20-32-29(22-25)27-15-10-11-16-31(27)34(32)26-13-8-6-9-14-26/h4-22,33H,2H2,1,3H3/b5-4-,12-7-. The lowest BCUT2D eigenvalue weighted by Gasteiger charge is -2.13. The zero-order valence-corrected chi connectivity index (χ0v) is 19.6. The molecule has 0 atom stereocenters. The molecule has 0 aliphatic rings. The molecule has 5 rings (SSSR count). The van der Waals surface area contributed by atoms with Crippen LogP contribution in [0, 0.1) is 0 Å². The number of para-hydroxylation sites is 2. The Hall–Kier alpha value is -4.30. The molecule has 0 saturated heterocycles. The molecular formula is C32H28N2. The quantitative estimate of drug-likeness (QED) is 0.261. The summed E-state index contributed by atoms with van der Waals surface area (Å²) in [5.74, 6) is 0. The highest BCUT2D eigenvalue weighted by atomic mass is 15.0. The Balaban J connectivity index is 1.67. The van der Waals surface area contributed by atoms with Gasteiger partial charge in [-0.1, -0.05) is 79.4 Å². The van der Waals surface area contributed by atoms with Crippen LogP contribution < -0.4 is 5.32 Å². The van der Waals surface area contributed by atoms with Gasteiger partial charge in [0.15, 0.2) is 0 Å². The van der Waals surface area contributed by atoms with Gasteiger partial charge in [-0.05, 0) is 66.1 Å². The van der Waals surface area contributed by atoms with E-state index in [0.29, 0.717) is 0 Å².